The number of ether oxygens (including phenoxy) is 5. The smallest absolute Gasteiger partial charge is 0.481 e. The van der Waals surface area contributed by atoms with Crippen LogP contribution in [0.1, 0.15) is 135 Å². The molecule has 0 aliphatic rings. The molecule has 16 heteroatoms. The number of allylic oxidation sites excluding steroid dienone is 1. The van der Waals surface area contributed by atoms with Crippen LogP contribution in [0.5, 0.6) is 5.75 Å². The lowest BCUT2D eigenvalue weighted by Crippen LogP contribution is -2.57. The summed E-state index contributed by atoms with van der Waals surface area (Å²) in [5, 5.41) is 14.8. The largest absolute Gasteiger partial charge is 0.519 e. The SMILES string of the molecule is CC#CCOc1ccc(C[C@H](NC(=O)[C@@H](/C=C/CCCCCCC(=O)CCCCCCC)C(O)(CC(=O)OCc2oc(=O)oc2C)C(=O)OC(C)(C)C)C(=O)OCC(=O)OC)cc1. The van der Waals surface area contributed by atoms with E-state index in [1.54, 1.807) is 37.3 Å². The topological polar surface area (TPSA) is 224 Å². The Morgan fingerprint density at radius 3 is 2.13 bits per heavy atom. The van der Waals surface area contributed by atoms with E-state index in [0.29, 0.717) is 37.0 Å². The van der Waals surface area contributed by atoms with Crippen molar-refractivity contribution in [2.75, 3.05) is 20.3 Å². The number of aliphatic hydroxyl groups is 1. The molecule has 0 radical (unpaired) electrons. The summed E-state index contributed by atoms with van der Waals surface area (Å²) in [5.41, 5.74) is -3.60. The van der Waals surface area contributed by atoms with Gasteiger partial charge >= 0.3 is 29.7 Å². The molecule has 1 unspecified atom stereocenters. The summed E-state index contributed by atoms with van der Waals surface area (Å²) in [6, 6.07) is 5.05. The van der Waals surface area contributed by atoms with Gasteiger partial charge in [-0.15, -0.1) is 5.92 Å². The van der Waals surface area contributed by atoms with Crippen LogP contribution >= 0.6 is 0 Å². The minimum atomic E-state index is -2.92. The molecule has 0 saturated carbocycles. The predicted molar refractivity (Wildman–Crippen MR) is 230 cm³/mol. The first-order chi connectivity index (χ1) is 29.9. The quantitative estimate of drug-likeness (QED) is 0.0299. The minimum Gasteiger partial charge on any atom is -0.481 e. The fourth-order valence-electron chi connectivity index (χ4n) is 6.18. The van der Waals surface area contributed by atoms with Crippen LogP contribution in [-0.4, -0.2) is 78.2 Å². The Labute approximate surface area is 369 Å². The molecular weight excluding hydrogens is 819 g/mol. The van der Waals surface area contributed by atoms with Gasteiger partial charge in [0.25, 0.3) is 0 Å². The number of hydrogen-bond acceptors (Lipinski definition) is 15. The molecule has 0 saturated heterocycles. The maximum atomic E-state index is 14.5. The Hall–Kier alpha value is -5.69. The van der Waals surface area contributed by atoms with Crippen LogP contribution in [-0.2, 0) is 60.7 Å². The van der Waals surface area contributed by atoms with Crippen LogP contribution in [0.2, 0.25) is 0 Å². The van der Waals surface area contributed by atoms with Gasteiger partial charge in [0.15, 0.2) is 30.3 Å². The second-order valence-electron chi connectivity index (χ2n) is 16.1. The highest BCUT2D eigenvalue weighted by molar-refractivity contribution is 5.96. The van der Waals surface area contributed by atoms with Crippen LogP contribution in [0.3, 0.4) is 0 Å². The van der Waals surface area contributed by atoms with Crippen molar-refractivity contribution in [1.29, 1.82) is 0 Å². The third-order valence-corrected chi connectivity index (χ3v) is 9.64. The van der Waals surface area contributed by atoms with Gasteiger partial charge in [0.1, 0.15) is 29.8 Å². The predicted octanol–water partition coefficient (Wildman–Crippen LogP) is 6.34. The molecule has 1 heterocycles. The third-order valence-electron chi connectivity index (χ3n) is 9.64. The first-order valence-corrected chi connectivity index (χ1v) is 21.5. The summed E-state index contributed by atoms with van der Waals surface area (Å²) in [4.78, 5) is 91.1. The molecule has 0 aliphatic carbocycles. The van der Waals surface area contributed by atoms with Gasteiger partial charge < -0.3 is 42.9 Å². The van der Waals surface area contributed by atoms with Crippen molar-refractivity contribution in [3.63, 3.8) is 0 Å². The van der Waals surface area contributed by atoms with E-state index in [4.69, 9.17) is 27.8 Å². The number of carbonyl (C=O) groups is 6. The van der Waals surface area contributed by atoms with Crippen LogP contribution in [0, 0.1) is 24.7 Å². The second kappa shape index (κ2) is 28.1. The van der Waals surface area contributed by atoms with Gasteiger partial charge in [0.2, 0.25) is 5.91 Å². The summed E-state index contributed by atoms with van der Waals surface area (Å²) in [6.07, 6.45) is 11.3. The molecule has 1 aromatic heterocycles. The standard InChI is InChI=1S/C47H65NO15/c1-8-10-12-15-18-21-35(49)22-19-16-13-14-17-20-23-37(47(56,44(54)63-46(4,5)6)30-40(50)59-31-39-33(3)61-45(55)62-39)42(52)48-38(43(53)60-32-41(51)57-7)29-34-24-26-36(27-25-34)58-28-11-9-2/h20,23-27,37-38,56H,8,10,12-19,21-22,28-32H2,1-7H3,(H,48,52)/b23-20+/t37-,38+,47?/m1/s1. The fraction of sp³-hybridized carbons (Fsp3) is 0.596. The van der Waals surface area contributed by atoms with Gasteiger partial charge in [0.05, 0.1) is 19.4 Å². The lowest BCUT2D eigenvalue weighted by molar-refractivity contribution is -0.188. The molecule has 2 aromatic rings. The summed E-state index contributed by atoms with van der Waals surface area (Å²) in [7, 11) is 1.11. The van der Waals surface area contributed by atoms with E-state index in [1.807, 2.05) is 0 Å². The number of esters is 4. The molecule has 348 valence electrons. The van der Waals surface area contributed by atoms with Gasteiger partial charge in [-0.3, -0.25) is 14.4 Å². The van der Waals surface area contributed by atoms with Crippen LogP contribution in [0.25, 0.3) is 0 Å². The monoisotopic (exact) mass is 883 g/mol. The van der Waals surface area contributed by atoms with Crippen molar-refractivity contribution in [2.45, 2.75) is 155 Å². The Kier molecular flexibility index (Phi) is 23.8. The number of hydrogen-bond donors (Lipinski definition) is 2. The average Bonchev–Trinajstić information content (AvgIpc) is 3.56. The minimum absolute atomic E-state index is 0.0397. The number of aryl methyl sites for hydroxylation is 1. The molecular formula is C47H65NO15. The summed E-state index contributed by atoms with van der Waals surface area (Å²) < 4.78 is 35.8. The molecule has 16 nitrogen and oxygen atoms in total. The first-order valence-electron chi connectivity index (χ1n) is 21.5. The molecule has 1 aromatic carbocycles. The zero-order valence-electron chi connectivity index (χ0n) is 37.8. The van der Waals surface area contributed by atoms with Gasteiger partial charge in [0, 0.05) is 19.3 Å². The fourth-order valence-corrected chi connectivity index (χ4v) is 6.18. The van der Waals surface area contributed by atoms with Crippen molar-refractivity contribution in [2.24, 2.45) is 5.92 Å². The van der Waals surface area contributed by atoms with Crippen molar-refractivity contribution in [3.05, 3.63) is 64.1 Å². The molecule has 2 rings (SSSR count). The van der Waals surface area contributed by atoms with Crippen molar-refractivity contribution in [3.8, 4) is 17.6 Å². The van der Waals surface area contributed by atoms with Crippen molar-refractivity contribution in [1.82, 2.24) is 5.32 Å². The van der Waals surface area contributed by atoms with E-state index in [9.17, 15) is 38.7 Å². The van der Waals surface area contributed by atoms with E-state index in [1.165, 1.54) is 40.2 Å². The average molecular weight is 884 g/mol. The Morgan fingerprint density at radius 1 is 0.889 bits per heavy atom. The maximum Gasteiger partial charge on any atom is 0.519 e. The molecule has 63 heavy (non-hydrogen) atoms. The van der Waals surface area contributed by atoms with E-state index in [2.05, 4.69) is 28.8 Å². The molecule has 2 N–H and O–H groups in total. The van der Waals surface area contributed by atoms with E-state index >= 15 is 0 Å². The highest BCUT2D eigenvalue weighted by Crippen LogP contribution is 2.30. The number of Topliss-reactive ketones (excluding diaryl/α,β-unsaturated/α-hetero) is 1. The van der Waals surface area contributed by atoms with Gasteiger partial charge in [-0.25, -0.2) is 19.2 Å². The highest BCUT2D eigenvalue weighted by Gasteiger charge is 2.51. The van der Waals surface area contributed by atoms with Crippen LogP contribution in [0.4, 0.5) is 0 Å². The first kappa shape index (κ1) is 53.4. The van der Waals surface area contributed by atoms with Gasteiger partial charge in [-0.2, -0.15) is 0 Å². The van der Waals surface area contributed by atoms with Gasteiger partial charge in [-0.05, 0) is 78.0 Å². The zero-order valence-corrected chi connectivity index (χ0v) is 37.8. The van der Waals surface area contributed by atoms with Crippen molar-refractivity contribution < 1.29 is 66.4 Å². The molecule has 0 aliphatic heterocycles. The Morgan fingerprint density at radius 2 is 1.54 bits per heavy atom. The lowest BCUT2D eigenvalue weighted by atomic mass is 9.82. The number of carbonyl (C=O) groups excluding carboxylic acids is 6. The molecule has 3 atom stereocenters. The summed E-state index contributed by atoms with van der Waals surface area (Å²) in [5.74, 6) is -2.21. The van der Waals surface area contributed by atoms with E-state index in [-0.39, 0.29) is 30.3 Å². The van der Waals surface area contributed by atoms with Crippen LogP contribution < -0.4 is 15.9 Å². The van der Waals surface area contributed by atoms with E-state index in [0.717, 1.165) is 52.1 Å². The Bertz CT molecular complexity index is 1930. The number of methoxy groups -OCH3 is 1. The summed E-state index contributed by atoms with van der Waals surface area (Å²) in [6.45, 7) is 8.60. The number of amides is 1. The highest BCUT2D eigenvalue weighted by atomic mass is 16.6. The Balaban J connectivity index is 2.42. The van der Waals surface area contributed by atoms with E-state index < -0.39 is 78.4 Å². The van der Waals surface area contributed by atoms with Crippen molar-refractivity contribution >= 4 is 35.6 Å². The second-order valence-corrected chi connectivity index (χ2v) is 16.1. The number of rotatable bonds is 29. The maximum absolute atomic E-state index is 14.5. The number of nitrogens with one attached hydrogen (secondary N) is 1. The third kappa shape index (κ3) is 20.8. The van der Waals surface area contributed by atoms with Gasteiger partial charge in [-0.1, -0.05) is 75.7 Å². The molecule has 0 fully saturated rings. The normalized spacial score (nSPS) is 13.1. The lowest BCUT2D eigenvalue weighted by Gasteiger charge is -2.34. The molecule has 0 spiro atoms. The molecule has 0 bridgehead atoms. The number of unbranched alkanes of at least 4 members (excludes halogenated alkanes) is 8. The van der Waals surface area contributed by atoms with Crippen LogP contribution in [0.15, 0.2) is 50.0 Å². The molecule has 1 amide bonds. The number of ketones is 1. The number of benzene rings is 1. The summed E-state index contributed by atoms with van der Waals surface area (Å²) >= 11 is 0. The zero-order chi connectivity index (χ0) is 46.8.